The molecule has 1 saturated heterocycles. The van der Waals surface area contributed by atoms with E-state index >= 15 is 0 Å². The van der Waals surface area contributed by atoms with Gasteiger partial charge in [-0.15, -0.1) is 0 Å². The van der Waals surface area contributed by atoms with Crippen LogP contribution in [0.15, 0.2) is 60.9 Å². The highest BCUT2D eigenvalue weighted by Crippen LogP contribution is 2.32. The van der Waals surface area contributed by atoms with E-state index in [1.165, 1.54) is 16.3 Å². The second-order valence-electron chi connectivity index (χ2n) is 8.82. The molecular formula is C26H30N4O. The van der Waals surface area contributed by atoms with E-state index in [0.29, 0.717) is 12.0 Å². The van der Waals surface area contributed by atoms with Crippen LogP contribution in [-0.2, 0) is 7.05 Å². The molecule has 160 valence electrons. The largest absolute Gasteiger partial charge is 0.477 e. The van der Waals surface area contributed by atoms with Crippen molar-refractivity contribution in [2.75, 3.05) is 25.4 Å². The number of pyridine rings is 1. The maximum Gasteiger partial charge on any atom is 0.223 e. The van der Waals surface area contributed by atoms with E-state index in [4.69, 9.17) is 15.5 Å². The topological polar surface area (TPSA) is 56.3 Å². The second kappa shape index (κ2) is 8.23. The van der Waals surface area contributed by atoms with Gasteiger partial charge in [0.05, 0.1) is 17.5 Å². The molecule has 2 aromatic heterocycles. The number of likely N-dealkylation sites (tertiary alicyclic amines) is 1. The standard InChI is InChI=1S/C26H30N4O/c1-18(20-7-9-21(27)10-8-20)30-13-11-19(12-14-30)17-31-26-24-16-29(2)15-23(24)22-5-3-4-6-25(22)28-26/h3-10,15-16,18-19H,11-14,17,27H2,1-2H3. The van der Waals surface area contributed by atoms with Crippen LogP contribution in [0.2, 0.25) is 0 Å². The van der Waals surface area contributed by atoms with Gasteiger partial charge in [-0.2, -0.15) is 0 Å². The summed E-state index contributed by atoms with van der Waals surface area (Å²) in [5.74, 6) is 1.31. The minimum absolute atomic E-state index is 0.411. The molecule has 0 amide bonds. The van der Waals surface area contributed by atoms with Crippen molar-refractivity contribution in [3.63, 3.8) is 0 Å². The Bertz CT molecular complexity index is 1190. The van der Waals surface area contributed by atoms with Gasteiger partial charge in [0.2, 0.25) is 5.88 Å². The van der Waals surface area contributed by atoms with Crippen molar-refractivity contribution in [1.82, 2.24) is 14.5 Å². The van der Waals surface area contributed by atoms with Crippen LogP contribution in [0, 0.1) is 5.92 Å². The van der Waals surface area contributed by atoms with Crippen LogP contribution in [0.1, 0.15) is 31.4 Å². The third-order valence-corrected chi connectivity index (χ3v) is 6.67. The number of hydrogen-bond donors (Lipinski definition) is 1. The zero-order valence-corrected chi connectivity index (χ0v) is 18.3. The lowest BCUT2D eigenvalue weighted by Crippen LogP contribution is -2.37. The maximum absolute atomic E-state index is 6.32. The molecule has 2 N–H and O–H groups in total. The lowest BCUT2D eigenvalue weighted by molar-refractivity contribution is 0.112. The number of benzene rings is 2. The molecular weight excluding hydrogens is 384 g/mol. The molecule has 1 fully saturated rings. The summed E-state index contributed by atoms with van der Waals surface area (Å²) in [6.45, 7) is 5.18. The molecule has 4 aromatic rings. The van der Waals surface area contributed by atoms with Gasteiger partial charge in [-0.3, -0.25) is 4.90 Å². The Morgan fingerprint density at radius 3 is 2.48 bits per heavy atom. The van der Waals surface area contributed by atoms with Gasteiger partial charge in [-0.05, 0) is 62.5 Å². The lowest BCUT2D eigenvalue weighted by Gasteiger charge is -2.36. The Morgan fingerprint density at radius 2 is 1.71 bits per heavy atom. The molecule has 2 aromatic carbocycles. The summed E-state index contributed by atoms with van der Waals surface area (Å²) in [4.78, 5) is 7.40. The number of nitrogens with two attached hydrogens (primary N) is 1. The molecule has 3 heterocycles. The quantitative estimate of drug-likeness (QED) is 0.458. The number of nitrogens with zero attached hydrogens (tertiary/aromatic N) is 3. The molecule has 1 unspecified atom stereocenters. The number of aromatic nitrogens is 2. The molecule has 0 bridgehead atoms. The van der Waals surface area contributed by atoms with Gasteiger partial charge in [0.15, 0.2) is 0 Å². The minimum Gasteiger partial charge on any atom is -0.477 e. The van der Waals surface area contributed by atoms with Crippen molar-refractivity contribution in [3.8, 4) is 5.88 Å². The first-order valence-electron chi connectivity index (χ1n) is 11.1. The van der Waals surface area contributed by atoms with E-state index in [0.717, 1.165) is 55.0 Å². The number of rotatable bonds is 5. The van der Waals surface area contributed by atoms with Crippen LogP contribution in [0.4, 0.5) is 5.69 Å². The molecule has 5 nitrogen and oxygen atoms in total. The Balaban J connectivity index is 1.25. The first-order valence-corrected chi connectivity index (χ1v) is 11.1. The zero-order chi connectivity index (χ0) is 21.4. The number of fused-ring (bicyclic) bond motifs is 3. The highest BCUT2D eigenvalue weighted by atomic mass is 16.5. The summed E-state index contributed by atoms with van der Waals surface area (Å²) < 4.78 is 8.40. The predicted molar refractivity (Wildman–Crippen MR) is 127 cm³/mol. The fourth-order valence-corrected chi connectivity index (χ4v) is 4.74. The Hall–Kier alpha value is -3.05. The summed E-state index contributed by atoms with van der Waals surface area (Å²) in [5, 5.41) is 3.47. The molecule has 1 aliphatic rings. The molecule has 31 heavy (non-hydrogen) atoms. The molecule has 0 saturated carbocycles. The Kier molecular flexibility index (Phi) is 5.28. The average Bonchev–Trinajstić information content (AvgIpc) is 3.20. The van der Waals surface area contributed by atoms with Crippen LogP contribution in [-0.4, -0.2) is 34.1 Å². The first-order chi connectivity index (χ1) is 15.1. The van der Waals surface area contributed by atoms with Crippen LogP contribution in [0.3, 0.4) is 0 Å². The van der Waals surface area contributed by atoms with E-state index in [1.807, 2.05) is 18.2 Å². The third kappa shape index (κ3) is 3.98. The monoisotopic (exact) mass is 414 g/mol. The van der Waals surface area contributed by atoms with Crippen molar-refractivity contribution in [2.24, 2.45) is 13.0 Å². The van der Waals surface area contributed by atoms with Crippen molar-refractivity contribution >= 4 is 27.4 Å². The number of para-hydroxylation sites is 1. The van der Waals surface area contributed by atoms with Gasteiger partial charge in [-0.25, -0.2) is 4.98 Å². The molecule has 1 aliphatic heterocycles. The Morgan fingerprint density at radius 1 is 1.00 bits per heavy atom. The number of ether oxygens (including phenoxy) is 1. The van der Waals surface area contributed by atoms with Gasteiger partial charge in [0.1, 0.15) is 0 Å². The molecule has 0 spiro atoms. The SMILES string of the molecule is CC(c1ccc(N)cc1)N1CCC(COc2nc3ccccc3c3cn(C)cc23)CC1. The van der Waals surface area contributed by atoms with E-state index < -0.39 is 0 Å². The predicted octanol–water partition coefficient (Wildman–Crippen LogP) is 5.16. The normalized spacial score (nSPS) is 16.7. The van der Waals surface area contributed by atoms with Crippen molar-refractivity contribution < 1.29 is 4.74 Å². The fraction of sp³-hybridized carbons (Fsp3) is 0.346. The van der Waals surface area contributed by atoms with Crippen molar-refractivity contribution in [2.45, 2.75) is 25.8 Å². The fourth-order valence-electron chi connectivity index (χ4n) is 4.74. The molecule has 5 heteroatoms. The van der Waals surface area contributed by atoms with Gasteiger partial charge >= 0.3 is 0 Å². The van der Waals surface area contributed by atoms with Gasteiger partial charge < -0.3 is 15.0 Å². The minimum atomic E-state index is 0.411. The van der Waals surface area contributed by atoms with Crippen LogP contribution in [0.5, 0.6) is 5.88 Å². The zero-order valence-electron chi connectivity index (χ0n) is 18.3. The van der Waals surface area contributed by atoms with E-state index in [1.54, 1.807) is 0 Å². The van der Waals surface area contributed by atoms with Crippen LogP contribution < -0.4 is 10.5 Å². The van der Waals surface area contributed by atoms with E-state index in [2.05, 4.69) is 66.2 Å². The van der Waals surface area contributed by atoms with E-state index in [-0.39, 0.29) is 0 Å². The second-order valence-corrected chi connectivity index (χ2v) is 8.82. The van der Waals surface area contributed by atoms with Gasteiger partial charge in [-0.1, -0.05) is 30.3 Å². The Labute approximate surface area is 183 Å². The summed E-state index contributed by atoms with van der Waals surface area (Å²) >= 11 is 0. The molecule has 5 rings (SSSR count). The summed E-state index contributed by atoms with van der Waals surface area (Å²) in [6, 6.07) is 17.0. The van der Waals surface area contributed by atoms with Crippen LogP contribution in [0.25, 0.3) is 21.7 Å². The number of aryl methyl sites for hydroxylation is 1. The third-order valence-electron chi connectivity index (χ3n) is 6.67. The number of anilines is 1. The lowest BCUT2D eigenvalue weighted by atomic mass is 9.95. The molecule has 0 radical (unpaired) electrons. The first kappa shape index (κ1) is 19.9. The van der Waals surface area contributed by atoms with Gasteiger partial charge in [0, 0.05) is 41.9 Å². The number of nitrogen functional groups attached to an aromatic ring is 1. The summed E-state index contributed by atoms with van der Waals surface area (Å²) in [7, 11) is 2.05. The summed E-state index contributed by atoms with van der Waals surface area (Å²) in [5.41, 5.74) is 8.98. The van der Waals surface area contributed by atoms with Gasteiger partial charge in [0.25, 0.3) is 0 Å². The van der Waals surface area contributed by atoms with E-state index in [9.17, 15) is 0 Å². The van der Waals surface area contributed by atoms with Crippen molar-refractivity contribution in [3.05, 3.63) is 66.5 Å². The highest BCUT2D eigenvalue weighted by Gasteiger charge is 2.24. The highest BCUT2D eigenvalue weighted by molar-refractivity contribution is 6.07. The molecule has 1 atom stereocenters. The molecule has 0 aliphatic carbocycles. The summed E-state index contributed by atoms with van der Waals surface area (Å²) in [6.07, 6.45) is 6.56. The maximum atomic E-state index is 6.32. The smallest absolute Gasteiger partial charge is 0.223 e. The van der Waals surface area contributed by atoms with Crippen molar-refractivity contribution in [1.29, 1.82) is 0 Å². The average molecular weight is 415 g/mol. The number of piperidine rings is 1. The number of hydrogen-bond acceptors (Lipinski definition) is 4. The van der Waals surface area contributed by atoms with Crippen LogP contribution >= 0.6 is 0 Å².